The van der Waals surface area contributed by atoms with Crippen LogP contribution in [0.3, 0.4) is 0 Å². The van der Waals surface area contributed by atoms with Crippen LogP contribution in [0.15, 0.2) is 61.2 Å². The van der Waals surface area contributed by atoms with Gasteiger partial charge in [-0.05, 0) is 18.1 Å². The molecule has 0 aliphatic heterocycles. The first kappa shape index (κ1) is 16.8. The van der Waals surface area contributed by atoms with Crippen molar-refractivity contribution in [3.05, 3.63) is 66.7 Å². The maximum atomic E-state index is 12.4. The topological polar surface area (TPSA) is 72.7 Å². The number of hydrogen-bond acceptors (Lipinski definition) is 4. The van der Waals surface area contributed by atoms with Crippen LogP contribution < -0.4 is 5.32 Å². The Morgan fingerprint density at radius 3 is 2.72 bits per heavy atom. The van der Waals surface area contributed by atoms with Crippen LogP contribution in [0.4, 0.5) is 0 Å². The van der Waals surface area contributed by atoms with Gasteiger partial charge in [-0.2, -0.15) is 5.10 Å². The Balaban J connectivity index is 1.54. The van der Waals surface area contributed by atoms with Crippen molar-refractivity contribution in [2.24, 2.45) is 0 Å². The van der Waals surface area contributed by atoms with E-state index in [1.165, 1.54) is 0 Å². The average molecular weight is 335 g/mol. The lowest BCUT2D eigenvalue weighted by Gasteiger charge is -2.15. The number of rotatable bonds is 7. The normalized spacial score (nSPS) is 11.9. The molecule has 0 bridgehead atoms. The molecule has 0 radical (unpaired) electrons. The molecular formula is C19H21N5O. The highest BCUT2D eigenvalue weighted by Crippen LogP contribution is 2.19. The molecule has 0 aliphatic rings. The van der Waals surface area contributed by atoms with E-state index in [0.717, 1.165) is 23.4 Å². The molecule has 6 nitrogen and oxygen atoms in total. The number of carbonyl (C=O) groups is 1. The van der Waals surface area contributed by atoms with Crippen LogP contribution in [-0.2, 0) is 11.3 Å². The van der Waals surface area contributed by atoms with Crippen LogP contribution >= 0.6 is 0 Å². The molecule has 1 amide bonds. The van der Waals surface area contributed by atoms with E-state index in [1.54, 1.807) is 23.3 Å². The third-order valence-electron chi connectivity index (χ3n) is 4.03. The molecule has 2 aromatic heterocycles. The standard InChI is InChI=1S/C19H21N5O/c1-2-16(15-6-4-3-5-7-15)19(25)22-11-13-24-12-8-17(23-24)18-14-20-9-10-21-18/h3-10,12,14,16H,2,11,13H2,1H3,(H,22,25)/t16-/m0/s1. The summed E-state index contributed by atoms with van der Waals surface area (Å²) in [4.78, 5) is 20.7. The number of nitrogens with zero attached hydrogens (tertiary/aromatic N) is 4. The summed E-state index contributed by atoms with van der Waals surface area (Å²) in [5.41, 5.74) is 2.56. The van der Waals surface area contributed by atoms with Crippen molar-refractivity contribution in [3.8, 4) is 11.4 Å². The average Bonchev–Trinajstić information content (AvgIpc) is 3.13. The molecule has 0 saturated carbocycles. The summed E-state index contributed by atoms with van der Waals surface area (Å²) in [5.74, 6) is -0.0658. The summed E-state index contributed by atoms with van der Waals surface area (Å²) in [6, 6.07) is 11.8. The van der Waals surface area contributed by atoms with E-state index < -0.39 is 0 Å². The van der Waals surface area contributed by atoms with Crippen molar-refractivity contribution < 1.29 is 4.79 Å². The van der Waals surface area contributed by atoms with Gasteiger partial charge in [-0.3, -0.25) is 19.4 Å². The molecule has 0 aliphatic carbocycles. The molecule has 25 heavy (non-hydrogen) atoms. The number of hydrogen-bond donors (Lipinski definition) is 1. The van der Waals surface area contributed by atoms with Gasteiger partial charge >= 0.3 is 0 Å². The fourth-order valence-corrected chi connectivity index (χ4v) is 2.73. The van der Waals surface area contributed by atoms with Crippen molar-refractivity contribution in [3.63, 3.8) is 0 Å². The van der Waals surface area contributed by atoms with Gasteiger partial charge in [0.1, 0.15) is 11.4 Å². The van der Waals surface area contributed by atoms with Gasteiger partial charge in [-0.15, -0.1) is 0 Å². The van der Waals surface area contributed by atoms with E-state index in [0.29, 0.717) is 13.1 Å². The van der Waals surface area contributed by atoms with E-state index in [9.17, 15) is 4.79 Å². The van der Waals surface area contributed by atoms with Gasteiger partial charge in [0.15, 0.2) is 0 Å². The molecule has 3 aromatic rings. The largest absolute Gasteiger partial charge is 0.354 e. The van der Waals surface area contributed by atoms with Crippen molar-refractivity contribution >= 4 is 5.91 Å². The van der Waals surface area contributed by atoms with E-state index in [4.69, 9.17) is 0 Å². The second kappa shape index (κ2) is 8.19. The van der Waals surface area contributed by atoms with Crippen LogP contribution in [0.5, 0.6) is 0 Å². The van der Waals surface area contributed by atoms with Gasteiger partial charge in [0.25, 0.3) is 0 Å². The summed E-state index contributed by atoms with van der Waals surface area (Å²) >= 11 is 0. The molecule has 128 valence electrons. The molecule has 0 fully saturated rings. The lowest BCUT2D eigenvalue weighted by molar-refractivity contribution is -0.122. The van der Waals surface area contributed by atoms with Crippen LogP contribution in [-0.4, -0.2) is 32.2 Å². The Kier molecular flexibility index (Phi) is 5.51. The quantitative estimate of drug-likeness (QED) is 0.720. The monoisotopic (exact) mass is 335 g/mol. The molecule has 0 unspecified atom stereocenters. The van der Waals surface area contributed by atoms with Gasteiger partial charge < -0.3 is 5.32 Å². The minimum atomic E-state index is -0.117. The van der Waals surface area contributed by atoms with E-state index in [1.807, 2.05) is 49.5 Å². The predicted molar refractivity (Wildman–Crippen MR) is 95.7 cm³/mol. The second-order valence-corrected chi connectivity index (χ2v) is 5.72. The van der Waals surface area contributed by atoms with Crippen LogP contribution in [0.25, 0.3) is 11.4 Å². The highest BCUT2D eigenvalue weighted by molar-refractivity contribution is 5.83. The van der Waals surface area contributed by atoms with Crippen LogP contribution in [0, 0.1) is 0 Å². The van der Waals surface area contributed by atoms with Crippen molar-refractivity contribution in [1.29, 1.82) is 0 Å². The summed E-state index contributed by atoms with van der Waals surface area (Å²) in [5, 5.41) is 7.47. The summed E-state index contributed by atoms with van der Waals surface area (Å²) in [6.07, 6.45) is 7.61. The first-order valence-electron chi connectivity index (χ1n) is 8.40. The number of nitrogens with one attached hydrogen (secondary N) is 1. The zero-order chi connectivity index (χ0) is 17.5. The number of amides is 1. The van der Waals surface area contributed by atoms with Gasteiger partial charge in [0.2, 0.25) is 5.91 Å². The molecular weight excluding hydrogens is 314 g/mol. The molecule has 1 aromatic carbocycles. The Morgan fingerprint density at radius 2 is 2.00 bits per heavy atom. The fourth-order valence-electron chi connectivity index (χ4n) is 2.73. The number of benzene rings is 1. The predicted octanol–water partition coefficient (Wildman–Crippen LogP) is 2.65. The smallest absolute Gasteiger partial charge is 0.227 e. The zero-order valence-electron chi connectivity index (χ0n) is 14.2. The highest BCUT2D eigenvalue weighted by Gasteiger charge is 2.17. The molecule has 3 rings (SSSR count). The van der Waals surface area contributed by atoms with Crippen LogP contribution in [0.2, 0.25) is 0 Å². The maximum absolute atomic E-state index is 12.4. The SMILES string of the molecule is CC[C@H](C(=O)NCCn1ccc(-c2cnccn2)n1)c1ccccc1. The number of carbonyl (C=O) groups excluding carboxylic acids is 1. The maximum Gasteiger partial charge on any atom is 0.227 e. The summed E-state index contributed by atoms with van der Waals surface area (Å²) in [7, 11) is 0. The Morgan fingerprint density at radius 1 is 1.16 bits per heavy atom. The minimum Gasteiger partial charge on any atom is -0.354 e. The molecule has 1 atom stereocenters. The van der Waals surface area contributed by atoms with Gasteiger partial charge in [0, 0.05) is 25.1 Å². The molecule has 2 heterocycles. The first-order valence-corrected chi connectivity index (χ1v) is 8.40. The molecule has 0 spiro atoms. The van der Waals surface area contributed by atoms with Gasteiger partial charge in [-0.1, -0.05) is 37.3 Å². The fraction of sp³-hybridized carbons (Fsp3) is 0.263. The first-order chi connectivity index (χ1) is 12.3. The number of aromatic nitrogens is 4. The second-order valence-electron chi connectivity index (χ2n) is 5.72. The molecule has 6 heteroatoms. The Labute approximate surface area is 146 Å². The third-order valence-corrected chi connectivity index (χ3v) is 4.03. The summed E-state index contributed by atoms with van der Waals surface area (Å²) in [6.45, 7) is 3.17. The lowest BCUT2D eigenvalue weighted by Crippen LogP contribution is -2.31. The van der Waals surface area contributed by atoms with Crippen molar-refractivity contribution in [2.75, 3.05) is 6.54 Å². The van der Waals surface area contributed by atoms with Gasteiger partial charge in [-0.25, -0.2) is 0 Å². The zero-order valence-corrected chi connectivity index (χ0v) is 14.2. The Hall–Kier alpha value is -3.02. The third kappa shape index (κ3) is 4.29. The van der Waals surface area contributed by atoms with Crippen molar-refractivity contribution in [1.82, 2.24) is 25.1 Å². The summed E-state index contributed by atoms with van der Waals surface area (Å²) < 4.78 is 1.80. The van der Waals surface area contributed by atoms with Gasteiger partial charge in [0.05, 0.1) is 18.7 Å². The lowest BCUT2D eigenvalue weighted by atomic mass is 9.96. The van der Waals surface area contributed by atoms with E-state index >= 15 is 0 Å². The molecule has 0 saturated heterocycles. The van der Waals surface area contributed by atoms with E-state index in [-0.39, 0.29) is 11.8 Å². The van der Waals surface area contributed by atoms with Crippen LogP contribution in [0.1, 0.15) is 24.8 Å². The molecule has 1 N–H and O–H groups in total. The van der Waals surface area contributed by atoms with E-state index in [2.05, 4.69) is 20.4 Å². The highest BCUT2D eigenvalue weighted by atomic mass is 16.1. The van der Waals surface area contributed by atoms with Crippen molar-refractivity contribution in [2.45, 2.75) is 25.8 Å². The minimum absolute atomic E-state index is 0.0509. The Bertz CT molecular complexity index is 801.